The molecule has 1 aliphatic carbocycles. The highest BCUT2D eigenvalue weighted by Crippen LogP contribution is 2.33. The van der Waals surface area contributed by atoms with Crippen LogP contribution in [0, 0.1) is 0 Å². The summed E-state index contributed by atoms with van der Waals surface area (Å²) in [5.74, 6) is 3.19. The van der Waals surface area contributed by atoms with Crippen molar-refractivity contribution in [1.29, 1.82) is 0 Å². The standard InChI is InChI=1S/C15H26N4S/c1-4-11-14(16-5-2)17-10-18-15(11)19-12-8-7-9-13(12)20-6-3/h10,12-13H,4-9H2,1-3H3,(H2,16,17,18,19). The van der Waals surface area contributed by atoms with E-state index in [-0.39, 0.29) is 0 Å². The Kier molecular flexibility index (Phi) is 5.95. The summed E-state index contributed by atoms with van der Waals surface area (Å²) >= 11 is 2.07. The molecule has 0 saturated heterocycles. The molecule has 5 heteroatoms. The largest absolute Gasteiger partial charge is 0.370 e. The normalized spacial score (nSPS) is 21.9. The van der Waals surface area contributed by atoms with Crippen molar-refractivity contribution in [3.05, 3.63) is 11.9 Å². The van der Waals surface area contributed by atoms with Crippen molar-refractivity contribution in [3.63, 3.8) is 0 Å². The maximum absolute atomic E-state index is 4.48. The van der Waals surface area contributed by atoms with Gasteiger partial charge in [-0.3, -0.25) is 0 Å². The average Bonchev–Trinajstić information content (AvgIpc) is 2.87. The number of nitrogens with one attached hydrogen (secondary N) is 2. The van der Waals surface area contributed by atoms with Crippen LogP contribution in [-0.4, -0.2) is 33.6 Å². The zero-order chi connectivity index (χ0) is 14.4. The second kappa shape index (κ2) is 7.72. The van der Waals surface area contributed by atoms with Gasteiger partial charge in [-0.2, -0.15) is 11.8 Å². The van der Waals surface area contributed by atoms with Crippen molar-refractivity contribution in [2.24, 2.45) is 0 Å². The number of aromatic nitrogens is 2. The van der Waals surface area contributed by atoms with Crippen LogP contribution in [0.5, 0.6) is 0 Å². The van der Waals surface area contributed by atoms with Gasteiger partial charge >= 0.3 is 0 Å². The van der Waals surface area contributed by atoms with Crippen molar-refractivity contribution in [3.8, 4) is 0 Å². The van der Waals surface area contributed by atoms with Gasteiger partial charge in [0.1, 0.15) is 18.0 Å². The van der Waals surface area contributed by atoms with E-state index in [2.05, 4.69) is 53.1 Å². The first-order valence-electron chi connectivity index (χ1n) is 7.75. The lowest BCUT2D eigenvalue weighted by Crippen LogP contribution is -2.27. The zero-order valence-corrected chi connectivity index (χ0v) is 13.6. The Morgan fingerprint density at radius 3 is 2.70 bits per heavy atom. The molecule has 1 aromatic rings. The Labute approximate surface area is 126 Å². The molecular formula is C15H26N4S. The zero-order valence-electron chi connectivity index (χ0n) is 12.8. The van der Waals surface area contributed by atoms with Gasteiger partial charge in [-0.15, -0.1) is 0 Å². The number of thioether (sulfide) groups is 1. The SMILES string of the molecule is CCNc1ncnc(NC2CCCC2SCC)c1CC. The molecule has 2 unspecified atom stereocenters. The minimum absolute atomic E-state index is 0.551. The van der Waals surface area contributed by atoms with Gasteiger partial charge in [0.15, 0.2) is 0 Å². The minimum atomic E-state index is 0.551. The first-order chi connectivity index (χ1) is 9.80. The van der Waals surface area contributed by atoms with E-state index in [9.17, 15) is 0 Å². The van der Waals surface area contributed by atoms with Crippen molar-refractivity contribution < 1.29 is 0 Å². The van der Waals surface area contributed by atoms with E-state index in [1.54, 1.807) is 6.33 Å². The Morgan fingerprint density at radius 1 is 1.20 bits per heavy atom. The van der Waals surface area contributed by atoms with E-state index in [0.29, 0.717) is 6.04 Å². The second-order valence-corrected chi connectivity index (χ2v) is 6.63. The lowest BCUT2D eigenvalue weighted by Gasteiger charge is -2.22. The smallest absolute Gasteiger partial charge is 0.134 e. The van der Waals surface area contributed by atoms with Gasteiger partial charge in [-0.25, -0.2) is 9.97 Å². The van der Waals surface area contributed by atoms with Crippen molar-refractivity contribution in [1.82, 2.24) is 9.97 Å². The van der Waals surface area contributed by atoms with Crippen molar-refractivity contribution in [2.45, 2.75) is 57.7 Å². The highest BCUT2D eigenvalue weighted by atomic mass is 32.2. The van der Waals surface area contributed by atoms with Gasteiger partial charge in [0.25, 0.3) is 0 Å². The Hall–Kier alpha value is -0.970. The number of nitrogens with zero attached hydrogens (tertiary/aromatic N) is 2. The molecular weight excluding hydrogens is 268 g/mol. The summed E-state index contributed by atoms with van der Waals surface area (Å²) in [7, 11) is 0. The van der Waals surface area contributed by atoms with Crippen LogP contribution >= 0.6 is 11.8 Å². The van der Waals surface area contributed by atoms with Gasteiger partial charge in [0.2, 0.25) is 0 Å². The fraction of sp³-hybridized carbons (Fsp3) is 0.733. The molecule has 0 radical (unpaired) electrons. The molecule has 1 fully saturated rings. The van der Waals surface area contributed by atoms with Crippen LogP contribution in [0.2, 0.25) is 0 Å². The molecule has 1 aromatic heterocycles. The molecule has 1 aliphatic rings. The Morgan fingerprint density at radius 2 is 2.00 bits per heavy atom. The number of rotatable bonds is 7. The molecule has 1 heterocycles. The first kappa shape index (κ1) is 15.4. The van der Waals surface area contributed by atoms with Gasteiger partial charge in [-0.05, 0) is 31.9 Å². The third-order valence-corrected chi connectivity index (χ3v) is 5.12. The van der Waals surface area contributed by atoms with Crippen molar-refractivity contribution >= 4 is 23.4 Å². The number of hydrogen-bond donors (Lipinski definition) is 2. The predicted octanol–water partition coefficient (Wildman–Crippen LogP) is 3.56. The summed E-state index contributed by atoms with van der Waals surface area (Å²) in [6.07, 6.45) is 6.51. The quantitative estimate of drug-likeness (QED) is 0.805. The Bertz CT molecular complexity index is 424. The molecule has 1 saturated carbocycles. The summed E-state index contributed by atoms with van der Waals surface area (Å²) in [5.41, 5.74) is 1.21. The Balaban J connectivity index is 2.14. The summed E-state index contributed by atoms with van der Waals surface area (Å²) < 4.78 is 0. The van der Waals surface area contributed by atoms with Crippen molar-refractivity contribution in [2.75, 3.05) is 22.9 Å². The molecule has 0 spiro atoms. The molecule has 2 rings (SSSR count). The van der Waals surface area contributed by atoms with Crippen LogP contribution in [0.15, 0.2) is 6.33 Å². The molecule has 0 bridgehead atoms. The fourth-order valence-electron chi connectivity index (χ4n) is 2.87. The van der Waals surface area contributed by atoms with Gasteiger partial charge in [0.05, 0.1) is 0 Å². The molecule has 2 atom stereocenters. The maximum atomic E-state index is 4.48. The van der Waals surface area contributed by atoms with Crippen LogP contribution in [0.4, 0.5) is 11.6 Å². The van der Waals surface area contributed by atoms with Crippen LogP contribution in [-0.2, 0) is 6.42 Å². The summed E-state index contributed by atoms with van der Waals surface area (Å²) in [6.45, 7) is 7.39. The fourth-order valence-corrected chi connectivity index (χ4v) is 4.07. The van der Waals surface area contributed by atoms with Crippen LogP contribution in [0.25, 0.3) is 0 Å². The number of anilines is 2. The highest BCUT2D eigenvalue weighted by molar-refractivity contribution is 7.99. The predicted molar refractivity (Wildman–Crippen MR) is 88.8 cm³/mol. The monoisotopic (exact) mass is 294 g/mol. The molecule has 0 aliphatic heterocycles. The average molecular weight is 294 g/mol. The molecule has 2 N–H and O–H groups in total. The van der Waals surface area contributed by atoms with E-state index in [0.717, 1.165) is 29.9 Å². The summed E-state index contributed by atoms with van der Waals surface area (Å²) in [6, 6.07) is 0.551. The molecule has 0 aromatic carbocycles. The summed E-state index contributed by atoms with van der Waals surface area (Å²) in [4.78, 5) is 8.84. The third-order valence-electron chi connectivity index (χ3n) is 3.80. The lowest BCUT2D eigenvalue weighted by atomic mass is 10.2. The molecule has 112 valence electrons. The number of hydrogen-bond acceptors (Lipinski definition) is 5. The third kappa shape index (κ3) is 3.57. The topological polar surface area (TPSA) is 49.8 Å². The van der Waals surface area contributed by atoms with Crippen LogP contribution in [0.3, 0.4) is 0 Å². The van der Waals surface area contributed by atoms with Gasteiger partial charge in [0, 0.05) is 23.4 Å². The van der Waals surface area contributed by atoms with Crippen LogP contribution in [0.1, 0.15) is 45.6 Å². The molecule has 20 heavy (non-hydrogen) atoms. The highest BCUT2D eigenvalue weighted by Gasteiger charge is 2.28. The van der Waals surface area contributed by atoms with Crippen LogP contribution < -0.4 is 10.6 Å². The maximum Gasteiger partial charge on any atom is 0.134 e. The van der Waals surface area contributed by atoms with Gasteiger partial charge < -0.3 is 10.6 Å². The minimum Gasteiger partial charge on any atom is -0.370 e. The van der Waals surface area contributed by atoms with E-state index in [1.165, 1.54) is 30.6 Å². The van der Waals surface area contributed by atoms with E-state index >= 15 is 0 Å². The summed E-state index contributed by atoms with van der Waals surface area (Å²) in [5, 5.41) is 7.74. The molecule has 4 nitrogen and oxygen atoms in total. The van der Waals surface area contributed by atoms with E-state index < -0.39 is 0 Å². The first-order valence-corrected chi connectivity index (χ1v) is 8.80. The van der Waals surface area contributed by atoms with Gasteiger partial charge in [-0.1, -0.05) is 20.3 Å². The van der Waals surface area contributed by atoms with E-state index in [4.69, 9.17) is 0 Å². The lowest BCUT2D eigenvalue weighted by molar-refractivity contribution is 0.758. The molecule has 0 amide bonds. The van der Waals surface area contributed by atoms with E-state index in [1.807, 2.05) is 0 Å². The second-order valence-electron chi connectivity index (χ2n) is 5.11.